The van der Waals surface area contributed by atoms with E-state index in [1.54, 1.807) is 24.5 Å². The van der Waals surface area contributed by atoms with E-state index in [2.05, 4.69) is 26.2 Å². The number of nitrogens with one attached hydrogen (secondary N) is 1. The van der Waals surface area contributed by atoms with Crippen molar-refractivity contribution in [2.24, 2.45) is 5.73 Å². The Hall–Kier alpha value is -1.53. The summed E-state index contributed by atoms with van der Waals surface area (Å²) in [4.78, 5) is 4.18. The molecule has 0 radical (unpaired) electrons. The van der Waals surface area contributed by atoms with Crippen molar-refractivity contribution in [3.8, 4) is 0 Å². The highest BCUT2D eigenvalue weighted by molar-refractivity contribution is 9.10. The molecular weight excluding hydrogens is 341 g/mol. The molecule has 2 aromatic rings. The average Bonchev–Trinajstić information content (AvgIpc) is 2.41. The molecule has 1 aromatic carbocycles. The summed E-state index contributed by atoms with van der Waals surface area (Å²) >= 11 is 8.04. The van der Waals surface area contributed by atoms with Gasteiger partial charge in [-0.2, -0.15) is 0 Å². The predicted molar refractivity (Wildman–Crippen MR) is 86.3 cm³/mol. The third-order valence-electron chi connectivity index (χ3n) is 2.95. The van der Waals surface area contributed by atoms with E-state index in [1.165, 1.54) is 0 Å². The van der Waals surface area contributed by atoms with E-state index < -0.39 is 5.82 Å². The minimum atomic E-state index is -0.401. The predicted octanol–water partition coefficient (Wildman–Crippen LogP) is 3.54. The fourth-order valence-electron chi connectivity index (χ4n) is 1.77. The molecule has 2 rings (SSSR count). The number of nitrogens with zero attached hydrogens (tertiary/aromatic N) is 1. The first-order valence-electron chi connectivity index (χ1n) is 5.92. The van der Waals surface area contributed by atoms with Crippen molar-refractivity contribution in [3.05, 3.63) is 57.6 Å². The van der Waals surface area contributed by atoms with Crippen LogP contribution in [-0.4, -0.2) is 9.97 Å². The van der Waals surface area contributed by atoms with Gasteiger partial charge in [-0.15, -0.1) is 0 Å². The molecule has 3 N–H and O–H groups in total. The van der Waals surface area contributed by atoms with Crippen LogP contribution in [0.1, 0.15) is 16.7 Å². The third-order valence-corrected chi connectivity index (χ3v) is 3.95. The van der Waals surface area contributed by atoms with Gasteiger partial charge in [0, 0.05) is 24.5 Å². The van der Waals surface area contributed by atoms with E-state index in [-0.39, 0.29) is 9.46 Å². The maximum absolute atomic E-state index is 14.2. The van der Waals surface area contributed by atoms with E-state index in [0.717, 1.165) is 11.1 Å². The summed E-state index contributed by atoms with van der Waals surface area (Å²) in [6.07, 6.45) is 3.49. The van der Waals surface area contributed by atoms with E-state index in [4.69, 9.17) is 18.0 Å². The molecule has 0 unspecified atom stereocenters. The van der Waals surface area contributed by atoms with Crippen LogP contribution in [0.4, 0.5) is 10.1 Å². The molecule has 1 heterocycles. The Kier molecular flexibility index (Phi) is 4.67. The number of nitrogens with two attached hydrogens (primary N) is 1. The fourth-order valence-corrected chi connectivity index (χ4v) is 2.63. The summed E-state index contributed by atoms with van der Waals surface area (Å²) in [7, 11) is 0. The first-order chi connectivity index (χ1) is 9.50. The highest BCUT2D eigenvalue weighted by Crippen LogP contribution is 2.27. The minimum absolute atomic E-state index is 0.160. The molecule has 0 aliphatic carbocycles. The minimum Gasteiger partial charge on any atom is -0.389 e. The van der Waals surface area contributed by atoms with E-state index in [0.29, 0.717) is 17.8 Å². The topological polar surface area (TPSA) is 50.9 Å². The number of anilines is 1. The first kappa shape index (κ1) is 14.9. The lowest BCUT2D eigenvalue weighted by atomic mass is 10.1. The molecule has 0 amide bonds. The van der Waals surface area contributed by atoms with E-state index >= 15 is 0 Å². The summed E-state index contributed by atoms with van der Waals surface area (Å²) in [6, 6.07) is 5.22. The first-order valence-corrected chi connectivity index (χ1v) is 7.12. The van der Waals surface area contributed by atoms with Crippen LogP contribution in [0.25, 0.3) is 0 Å². The lowest BCUT2D eigenvalue weighted by molar-refractivity contribution is 0.623. The Labute approximate surface area is 130 Å². The average molecular weight is 354 g/mol. The van der Waals surface area contributed by atoms with Gasteiger partial charge in [-0.25, -0.2) is 4.39 Å². The molecule has 0 aliphatic rings. The normalized spacial score (nSPS) is 10.3. The number of benzene rings is 1. The third kappa shape index (κ3) is 3.13. The highest BCUT2D eigenvalue weighted by atomic mass is 79.9. The van der Waals surface area contributed by atoms with Crippen molar-refractivity contribution in [2.45, 2.75) is 13.5 Å². The molecule has 1 aromatic heterocycles. The zero-order valence-electron chi connectivity index (χ0n) is 10.8. The molecule has 0 spiro atoms. The number of aryl methyl sites for hydroxylation is 1. The number of aromatic nitrogens is 1. The Bertz CT molecular complexity index is 661. The van der Waals surface area contributed by atoms with Gasteiger partial charge < -0.3 is 11.1 Å². The van der Waals surface area contributed by atoms with Crippen LogP contribution in [0.15, 0.2) is 35.1 Å². The second-order valence-electron chi connectivity index (χ2n) is 4.31. The summed E-state index contributed by atoms with van der Waals surface area (Å²) in [6.45, 7) is 2.48. The van der Waals surface area contributed by atoms with Gasteiger partial charge in [-0.05, 0) is 52.2 Å². The van der Waals surface area contributed by atoms with Gasteiger partial charge >= 0.3 is 0 Å². The van der Waals surface area contributed by atoms with Crippen molar-refractivity contribution in [1.82, 2.24) is 4.98 Å². The Balaban J connectivity index is 2.21. The van der Waals surface area contributed by atoms with Crippen molar-refractivity contribution in [3.63, 3.8) is 0 Å². The molecule has 0 fully saturated rings. The van der Waals surface area contributed by atoms with Gasteiger partial charge in [0.25, 0.3) is 0 Å². The molecule has 0 saturated heterocycles. The van der Waals surface area contributed by atoms with Crippen molar-refractivity contribution in [1.29, 1.82) is 0 Å². The van der Waals surface area contributed by atoms with Crippen LogP contribution in [0.2, 0.25) is 0 Å². The lowest BCUT2D eigenvalue weighted by Crippen LogP contribution is -2.12. The zero-order chi connectivity index (χ0) is 14.7. The zero-order valence-corrected chi connectivity index (χ0v) is 13.2. The van der Waals surface area contributed by atoms with Crippen LogP contribution in [0.3, 0.4) is 0 Å². The monoisotopic (exact) mass is 353 g/mol. The van der Waals surface area contributed by atoms with Gasteiger partial charge in [-0.1, -0.05) is 12.2 Å². The highest BCUT2D eigenvalue weighted by Gasteiger charge is 2.12. The Morgan fingerprint density at radius 2 is 2.20 bits per heavy atom. The van der Waals surface area contributed by atoms with Crippen molar-refractivity contribution in [2.75, 3.05) is 5.32 Å². The molecule has 0 bridgehead atoms. The van der Waals surface area contributed by atoms with Gasteiger partial charge in [0.1, 0.15) is 4.99 Å². The van der Waals surface area contributed by atoms with Gasteiger partial charge in [-0.3, -0.25) is 4.98 Å². The molecule has 3 nitrogen and oxygen atoms in total. The van der Waals surface area contributed by atoms with E-state index in [9.17, 15) is 4.39 Å². The van der Waals surface area contributed by atoms with Crippen LogP contribution in [-0.2, 0) is 6.54 Å². The van der Waals surface area contributed by atoms with Crippen molar-refractivity contribution < 1.29 is 4.39 Å². The second kappa shape index (κ2) is 6.28. The van der Waals surface area contributed by atoms with Crippen molar-refractivity contribution >= 4 is 38.8 Å². The SMILES string of the molecule is Cc1cnccc1CNc1ccc(C(N)=S)c(Br)c1F. The quantitative estimate of drug-likeness (QED) is 0.825. The van der Waals surface area contributed by atoms with E-state index in [1.807, 2.05) is 13.0 Å². The van der Waals surface area contributed by atoms with Gasteiger partial charge in [0.05, 0.1) is 10.2 Å². The molecule has 6 heteroatoms. The fraction of sp³-hybridized carbons (Fsp3) is 0.143. The number of pyridine rings is 1. The number of thiocarbonyl (C=S) groups is 1. The summed E-state index contributed by atoms with van der Waals surface area (Å²) < 4.78 is 14.5. The maximum Gasteiger partial charge on any atom is 0.161 e. The number of halogens is 2. The molecule has 20 heavy (non-hydrogen) atoms. The molecule has 0 atom stereocenters. The molecule has 0 aliphatic heterocycles. The van der Waals surface area contributed by atoms with Crippen LogP contribution >= 0.6 is 28.1 Å². The Morgan fingerprint density at radius 3 is 2.85 bits per heavy atom. The largest absolute Gasteiger partial charge is 0.389 e. The standard InChI is InChI=1S/C14H13BrFN3S/c1-8-6-18-5-4-9(8)7-19-11-3-2-10(14(17)20)12(15)13(11)16/h2-6,19H,7H2,1H3,(H2,17,20). The molecule has 0 saturated carbocycles. The van der Waals surface area contributed by atoms with Gasteiger partial charge in [0.2, 0.25) is 0 Å². The Morgan fingerprint density at radius 1 is 1.45 bits per heavy atom. The smallest absolute Gasteiger partial charge is 0.161 e. The second-order valence-corrected chi connectivity index (χ2v) is 5.54. The number of rotatable bonds is 4. The summed E-state index contributed by atoms with van der Waals surface area (Å²) in [5.41, 5.74) is 8.53. The maximum atomic E-state index is 14.2. The van der Waals surface area contributed by atoms with Crippen LogP contribution in [0, 0.1) is 12.7 Å². The van der Waals surface area contributed by atoms with Crippen LogP contribution < -0.4 is 11.1 Å². The molecule has 104 valence electrons. The van der Waals surface area contributed by atoms with Gasteiger partial charge in [0.15, 0.2) is 5.82 Å². The number of hydrogen-bond acceptors (Lipinski definition) is 3. The number of hydrogen-bond donors (Lipinski definition) is 2. The molecular formula is C14H13BrFN3S. The summed E-state index contributed by atoms with van der Waals surface area (Å²) in [5.74, 6) is -0.401. The summed E-state index contributed by atoms with van der Waals surface area (Å²) in [5, 5.41) is 3.06. The van der Waals surface area contributed by atoms with Crippen LogP contribution in [0.5, 0.6) is 0 Å². The lowest BCUT2D eigenvalue weighted by Gasteiger charge is -2.12.